The number of carbonyl (C=O) groups is 1. The van der Waals surface area contributed by atoms with Crippen LogP contribution < -0.4 is 14.5 Å². The van der Waals surface area contributed by atoms with Crippen LogP contribution in [0.4, 0.5) is 22.0 Å². The second kappa shape index (κ2) is 13.6. The monoisotopic (exact) mass is 672 g/mol. The molecular weight excluding hydrogens is 632 g/mol. The maximum Gasteiger partial charge on any atom is 0.420 e. The highest BCUT2D eigenvalue weighted by Crippen LogP contribution is 2.38. The van der Waals surface area contributed by atoms with Crippen molar-refractivity contribution in [1.29, 1.82) is 0 Å². The van der Waals surface area contributed by atoms with Crippen LogP contribution in [0.15, 0.2) is 41.4 Å². The van der Waals surface area contributed by atoms with Crippen molar-refractivity contribution in [3.05, 3.63) is 41.4 Å². The Labute approximate surface area is 266 Å². The van der Waals surface area contributed by atoms with Gasteiger partial charge in [0, 0.05) is 57.4 Å². The molecule has 6 rings (SSSR count). The molecule has 238 valence electrons. The zero-order valence-corrected chi connectivity index (χ0v) is 27.2. The molecule has 1 unspecified atom stereocenters. The quantitative estimate of drug-likeness (QED) is 0.288. The summed E-state index contributed by atoms with van der Waals surface area (Å²) >= 11 is 3.49. The van der Waals surface area contributed by atoms with E-state index in [2.05, 4.69) is 35.7 Å². The Hall–Kier alpha value is -2.97. The summed E-state index contributed by atoms with van der Waals surface area (Å²) in [6.07, 6.45) is 7.57. The number of ether oxygens (including phenoxy) is 5. The van der Waals surface area contributed by atoms with E-state index in [-0.39, 0.29) is 6.29 Å². The number of imidazole rings is 1. The van der Waals surface area contributed by atoms with Crippen molar-refractivity contribution >= 4 is 44.9 Å². The van der Waals surface area contributed by atoms with Crippen LogP contribution >= 0.6 is 15.9 Å². The first-order chi connectivity index (χ1) is 21.2. The summed E-state index contributed by atoms with van der Waals surface area (Å²) in [5.41, 5.74) is 1.30. The van der Waals surface area contributed by atoms with Crippen LogP contribution in [0.3, 0.4) is 0 Å². The topological polar surface area (TPSA) is 103 Å². The average Bonchev–Trinajstić information content (AvgIpc) is 3.43. The van der Waals surface area contributed by atoms with Crippen molar-refractivity contribution in [2.24, 2.45) is 0 Å². The predicted octanol–water partition coefficient (Wildman–Crippen LogP) is 5.01. The first kappa shape index (κ1) is 31.0. The van der Waals surface area contributed by atoms with Gasteiger partial charge in [0.25, 0.3) is 0 Å². The molecule has 0 radical (unpaired) electrons. The van der Waals surface area contributed by atoms with Crippen LogP contribution in [0, 0.1) is 0 Å². The van der Waals surface area contributed by atoms with Gasteiger partial charge in [0.15, 0.2) is 17.8 Å². The van der Waals surface area contributed by atoms with Crippen molar-refractivity contribution in [3.8, 4) is 5.75 Å². The lowest BCUT2D eigenvalue weighted by atomic mass is 10.1. The third-order valence-electron chi connectivity index (χ3n) is 7.89. The average molecular weight is 674 g/mol. The lowest BCUT2D eigenvalue weighted by Crippen LogP contribution is -2.56. The van der Waals surface area contributed by atoms with Crippen LogP contribution in [0.2, 0.25) is 0 Å². The molecule has 3 aliphatic rings. The smallest absolute Gasteiger partial charge is 0.420 e. The number of rotatable bonds is 9. The van der Waals surface area contributed by atoms with Crippen LogP contribution in [0.1, 0.15) is 40.0 Å². The largest absolute Gasteiger partial charge is 0.489 e. The van der Waals surface area contributed by atoms with Gasteiger partial charge in [-0.15, -0.1) is 0 Å². The summed E-state index contributed by atoms with van der Waals surface area (Å²) in [6, 6.07) is 6.31. The van der Waals surface area contributed by atoms with E-state index in [1.54, 1.807) is 12.4 Å². The van der Waals surface area contributed by atoms with Crippen molar-refractivity contribution in [1.82, 2.24) is 19.3 Å². The number of nitrogens with zero attached hydrogens (tertiary/aromatic N) is 6. The van der Waals surface area contributed by atoms with Crippen molar-refractivity contribution in [2.75, 3.05) is 69.0 Å². The molecule has 0 N–H and O–H groups in total. The molecule has 13 heteroatoms. The summed E-state index contributed by atoms with van der Waals surface area (Å²) in [5, 5.41) is 0. The maximum absolute atomic E-state index is 13.8. The van der Waals surface area contributed by atoms with Gasteiger partial charge in [-0.3, -0.25) is 4.90 Å². The van der Waals surface area contributed by atoms with Crippen LogP contribution in [0.5, 0.6) is 5.75 Å². The molecule has 12 nitrogen and oxygen atoms in total. The Bertz CT molecular complexity index is 1430. The summed E-state index contributed by atoms with van der Waals surface area (Å²) in [7, 11) is 0. The number of hydrogen-bond acceptors (Lipinski definition) is 10. The van der Waals surface area contributed by atoms with Gasteiger partial charge >= 0.3 is 6.09 Å². The predicted molar refractivity (Wildman–Crippen MR) is 169 cm³/mol. The number of halogens is 1. The van der Waals surface area contributed by atoms with Crippen molar-refractivity contribution in [3.63, 3.8) is 0 Å². The first-order valence-corrected chi connectivity index (χ1v) is 16.1. The fraction of sp³-hybridized carbons (Fsp3) is 0.581. The Morgan fingerprint density at radius 1 is 1.14 bits per heavy atom. The molecule has 3 saturated heterocycles. The van der Waals surface area contributed by atoms with E-state index in [1.165, 1.54) is 4.90 Å². The third-order valence-corrected chi connectivity index (χ3v) is 8.27. The molecule has 0 saturated carbocycles. The van der Waals surface area contributed by atoms with Crippen LogP contribution in [-0.4, -0.2) is 103 Å². The zero-order chi connectivity index (χ0) is 30.7. The number of aromatic nitrogens is 3. The second-order valence-corrected chi connectivity index (χ2v) is 13.1. The van der Waals surface area contributed by atoms with Crippen molar-refractivity contribution in [2.45, 2.75) is 58.0 Å². The highest BCUT2D eigenvalue weighted by molar-refractivity contribution is 9.10. The molecule has 1 amide bonds. The van der Waals surface area contributed by atoms with E-state index < -0.39 is 11.7 Å². The van der Waals surface area contributed by atoms with Gasteiger partial charge in [0.05, 0.1) is 37.2 Å². The summed E-state index contributed by atoms with van der Waals surface area (Å²) < 4.78 is 31.7. The van der Waals surface area contributed by atoms with Crippen molar-refractivity contribution < 1.29 is 28.5 Å². The molecule has 5 heterocycles. The fourth-order valence-electron chi connectivity index (χ4n) is 5.61. The van der Waals surface area contributed by atoms with Gasteiger partial charge in [-0.2, -0.15) is 0 Å². The van der Waals surface area contributed by atoms with Gasteiger partial charge in [-0.25, -0.2) is 19.7 Å². The number of hydrogen-bond donors (Lipinski definition) is 0. The Kier molecular flexibility index (Phi) is 9.57. The van der Waals surface area contributed by atoms with Gasteiger partial charge in [0.1, 0.15) is 22.6 Å². The fourth-order valence-corrected chi connectivity index (χ4v) is 6.00. The molecule has 0 spiro atoms. The highest BCUT2D eigenvalue weighted by atomic mass is 79.9. The van der Waals surface area contributed by atoms with Gasteiger partial charge < -0.3 is 33.0 Å². The minimum atomic E-state index is -0.726. The number of anilines is 3. The van der Waals surface area contributed by atoms with E-state index in [9.17, 15) is 4.79 Å². The molecule has 2 aromatic heterocycles. The lowest BCUT2D eigenvalue weighted by molar-refractivity contribution is -0.165. The van der Waals surface area contributed by atoms with E-state index in [0.717, 1.165) is 70.9 Å². The lowest BCUT2D eigenvalue weighted by Gasteiger charge is -2.43. The molecular formula is C31H41BrN6O6. The summed E-state index contributed by atoms with van der Waals surface area (Å²) in [5.74, 6) is 0.991. The third kappa shape index (κ3) is 7.28. The van der Waals surface area contributed by atoms with E-state index in [4.69, 9.17) is 23.7 Å². The summed E-state index contributed by atoms with van der Waals surface area (Å²) in [6.45, 7) is 12.2. The Morgan fingerprint density at radius 2 is 1.95 bits per heavy atom. The number of benzene rings is 1. The zero-order valence-electron chi connectivity index (χ0n) is 25.6. The number of piperazine rings is 1. The van der Waals surface area contributed by atoms with E-state index >= 15 is 0 Å². The van der Waals surface area contributed by atoms with Crippen LogP contribution in [0.25, 0.3) is 5.65 Å². The minimum Gasteiger partial charge on any atom is -0.489 e. The Balaban J connectivity index is 1.30. The first-order valence-electron chi connectivity index (χ1n) is 15.3. The molecule has 44 heavy (non-hydrogen) atoms. The van der Waals surface area contributed by atoms with Gasteiger partial charge in [-0.1, -0.05) is 0 Å². The minimum absolute atomic E-state index is 0.191. The Morgan fingerprint density at radius 3 is 2.66 bits per heavy atom. The van der Waals surface area contributed by atoms with Crippen LogP contribution in [-0.2, 0) is 18.9 Å². The van der Waals surface area contributed by atoms with E-state index in [1.807, 2.05) is 49.6 Å². The number of amides is 1. The number of carbonyl (C=O) groups excluding carboxylic acids is 1. The SMILES string of the molecule is CC(C)(C)OC(=O)N(c1ccc(N2CCN(C3COC3)CC2)c(OCCOC2CCCCO2)c1)c1nc(Br)cn2ccnc12. The molecule has 1 aromatic carbocycles. The van der Waals surface area contributed by atoms with Gasteiger partial charge in [-0.05, 0) is 68.1 Å². The molecule has 0 bridgehead atoms. The molecule has 3 fully saturated rings. The summed E-state index contributed by atoms with van der Waals surface area (Å²) in [4.78, 5) is 29.2. The maximum atomic E-state index is 13.8. The second-order valence-electron chi connectivity index (χ2n) is 12.2. The molecule has 0 aliphatic carbocycles. The normalized spacial score (nSPS) is 20.0. The molecule has 3 aromatic rings. The molecule has 3 aliphatic heterocycles. The number of fused-ring (bicyclic) bond motifs is 1. The standard InChI is InChI=1S/C31H41BrN6O6/c1-31(2,3)44-30(39)38(29-28-33-9-10-37(28)19-26(32)34-29)22-7-8-24(36-13-11-35(12-14-36)23-20-40-21-23)25(18-22)41-16-17-43-27-6-4-5-15-42-27/h7-10,18-19,23,27H,4-6,11-17,20-21H2,1-3H3. The van der Waals surface area contributed by atoms with E-state index in [0.29, 0.717) is 46.8 Å². The molecule has 1 atom stereocenters. The van der Waals surface area contributed by atoms with Gasteiger partial charge in [0.2, 0.25) is 0 Å². The highest BCUT2D eigenvalue weighted by Gasteiger charge is 2.32.